The highest BCUT2D eigenvalue weighted by atomic mass is 16.7. The summed E-state index contributed by atoms with van der Waals surface area (Å²) in [6.07, 6.45) is -1.02. The molecule has 0 aromatic heterocycles. The van der Waals surface area contributed by atoms with Gasteiger partial charge in [-0.3, -0.25) is 0 Å². The second-order valence-electron chi connectivity index (χ2n) is 1.77. The number of ether oxygens (including phenoxy) is 3. The Morgan fingerprint density at radius 1 is 1.23 bits per heavy atom. The Bertz CT molecular complexity index is 144. The van der Waals surface area contributed by atoms with E-state index >= 15 is 0 Å². The van der Waals surface area contributed by atoms with Crippen LogP contribution in [0.2, 0.25) is 0 Å². The molecule has 0 spiro atoms. The van der Waals surface area contributed by atoms with Crippen LogP contribution in [-0.2, 0) is 14.2 Å². The third-order valence-corrected chi connectivity index (χ3v) is 0.765. The summed E-state index contributed by atoms with van der Waals surface area (Å²) in [5.74, 6) is 0. The van der Waals surface area contributed by atoms with Gasteiger partial charge in [0, 0.05) is 0 Å². The number of hydrogen-bond acceptors (Lipinski definition) is 5. The fourth-order valence-corrected chi connectivity index (χ4v) is 0.244. The summed E-state index contributed by atoms with van der Waals surface area (Å²) in [5, 5.41) is 7.50. The summed E-state index contributed by atoms with van der Waals surface area (Å²) in [6.45, 7) is 2.36. The van der Waals surface area contributed by atoms with E-state index in [-0.39, 0.29) is 0 Å². The molecule has 1 N–H and O–H groups in total. The highest BCUT2D eigenvalue weighted by Gasteiger charge is 1.95. The molecule has 13 heavy (non-hydrogen) atoms. The largest absolute Gasteiger partial charge is 0.507 e. The highest BCUT2D eigenvalue weighted by Crippen LogP contribution is 1.83. The zero-order valence-corrected chi connectivity index (χ0v) is 7.90. The second kappa shape index (κ2) is 10.5. The molecule has 0 aliphatic carbocycles. The van der Waals surface area contributed by atoms with Gasteiger partial charge in [-0.05, 0) is 6.42 Å². The van der Waals surface area contributed by atoms with Gasteiger partial charge in [-0.1, -0.05) is 6.92 Å². The van der Waals surface area contributed by atoms with Gasteiger partial charge >= 0.3 is 12.3 Å². The number of carbonyl (C=O) groups excluding carboxylic acids is 1. The molecule has 0 saturated carbocycles. The quantitative estimate of drug-likeness (QED) is 0.670. The lowest BCUT2D eigenvalue weighted by Gasteiger charge is -1.97. The maximum Gasteiger partial charge on any atom is 0.507 e. The van der Waals surface area contributed by atoms with Crippen molar-refractivity contribution in [2.45, 2.75) is 13.3 Å². The third-order valence-electron chi connectivity index (χ3n) is 0.765. The molecule has 0 heterocycles. The molecule has 0 aliphatic heterocycles. The summed E-state index contributed by atoms with van der Waals surface area (Å²) in [5.41, 5.74) is 0. The number of methoxy groups -OCH3 is 2. The van der Waals surface area contributed by atoms with Gasteiger partial charge in [0.2, 0.25) is 0 Å². The zero-order valence-electron chi connectivity index (χ0n) is 7.90. The van der Waals surface area contributed by atoms with Crippen molar-refractivity contribution >= 4 is 12.3 Å². The Morgan fingerprint density at radius 3 is 1.92 bits per heavy atom. The lowest BCUT2D eigenvalue weighted by atomic mass is 10.5. The van der Waals surface area contributed by atoms with E-state index in [1.165, 1.54) is 7.11 Å². The van der Waals surface area contributed by atoms with E-state index in [9.17, 15) is 4.79 Å². The Hall–Kier alpha value is -1.46. The molecule has 0 saturated heterocycles. The molecule has 0 fully saturated rings. The van der Waals surface area contributed by atoms with Gasteiger partial charge in [-0.25, -0.2) is 9.59 Å². The molecule has 0 radical (unpaired) electrons. The average Bonchev–Trinajstić information content (AvgIpc) is 2.15. The van der Waals surface area contributed by atoms with Crippen LogP contribution in [0.3, 0.4) is 0 Å². The maximum absolute atomic E-state index is 10.1. The molecule has 0 unspecified atom stereocenters. The van der Waals surface area contributed by atoms with Crippen molar-refractivity contribution in [1.82, 2.24) is 0 Å². The highest BCUT2D eigenvalue weighted by molar-refractivity contribution is 5.59. The van der Waals surface area contributed by atoms with E-state index in [0.29, 0.717) is 6.61 Å². The molecule has 6 nitrogen and oxygen atoms in total. The summed E-state index contributed by atoms with van der Waals surface area (Å²) in [4.78, 5) is 19.3. The number of carboxylic acid groups (broad SMARTS) is 1. The van der Waals surface area contributed by atoms with Crippen LogP contribution in [0.4, 0.5) is 9.59 Å². The number of rotatable bonds is 2. The number of carbonyl (C=O) groups is 2. The fourth-order valence-electron chi connectivity index (χ4n) is 0.244. The van der Waals surface area contributed by atoms with Crippen LogP contribution in [-0.4, -0.2) is 38.2 Å². The van der Waals surface area contributed by atoms with Gasteiger partial charge in [-0.2, -0.15) is 0 Å². The van der Waals surface area contributed by atoms with Gasteiger partial charge in [0.25, 0.3) is 0 Å². The predicted molar refractivity (Wildman–Crippen MR) is 43.7 cm³/mol. The Morgan fingerprint density at radius 2 is 1.69 bits per heavy atom. The normalized spacial score (nSPS) is 7.62. The molecule has 0 atom stereocenters. The summed E-state index contributed by atoms with van der Waals surface area (Å²) in [6, 6.07) is 0. The summed E-state index contributed by atoms with van der Waals surface area (Å²) >= 11 is 0. The smallest absolute Gasteiger partial charge is 0.450 e. The second-order valence-corrected chi connectivity index (χ2v) is 1.77. The van der Waals surface area contributed by atoms with Crippen molar-refractivity contribution in [3.8, 4) is 0 Å². The van der Waals surface area contributed by atoms with Gasteiger partial charge in [0.15, 0.2) is 0 Å². The van der Waals surface area contributed by atoms with Gasteiger partial charge in [-0.15, -0.1) is 0 Å². The Labute approximate surface area is 76.4 Å². The lowest BCUT2D eigenvalue weighted by molar-refractivity contribution is 0.0728. The molecule has 0 amide bonds. The molecule has 6 heteroatoms. The van der Waals surface area contributed by atoms with Crippen LogP contribution in [0.1, 0.15) is 13.3 Å². The maximum atomic E-state index is 10.1. The van der Waals surface area contributed by atoms with Crippen molar-refractivity contribution < 1.29 is 28.9 Å². The van der Waals surface area contributed by atoms with Crippen LogP contribution in [0.15, 0.2) is 0 Å². The Kier molecular flexibility index (Phi) is 11.4. The van der Waals surface area contributed by atoms with Crippen LogP contribution >= 0.6 is 0 Å². The topological polar surface area (TPSA) is 82.1 Å². The minimum absolute atomic E-state index is 0.437. The van der Waals surface area contributed by atoms with Crippen molar-refractivity contribution in [3.05, 3.63) is 0 Å². The van der Waals surface area contributed by atoms with Crippen LogP contribution in [0.25, 0.3) is 0 Å². The first-order valence-electron chi connectivity index (χ1n) is 3.56. The molecule has 0 bridgehead atoms. The third kappa shape index (κ3) is 18.0. The van der Waals surface area contributed by atoms with Gasteiger partial charge < -0.3 is 19.3 Å². The van der Waals surface area contributed by atoms with Gasteiger partial charge in [0.05, 0.1) is 20.8 Å². The first-order chi connectivity index (χ1) is 6.08. The van der Waals surface area contributed by atoms with E-state index in [1.807, 2.05) is 6.92 Å². The SMILES string of the molecule is CCCOC(=O)OC.COC(=O)O. The van der Waals surface area contributed by atoms with E-state index in [2.05, 4.69) is 14.2 Å². The monoisotopic (exact) mass is 194 g/mol. The molecule has 0 aliphatic rings. The van der Waals surface area contributed by atoms with Crippen LogP contribution in [0, 0.1) is 0 Å². The first kappa shape index (κ1) is 14.1. The van der Waals surface area contributed by atoms with Crippen molar-refractivity contribution in [2.24, 2.45) is 0 Å². The molecule has 78 valence electrons. The summed E-state index contributed by atoms with van der Waals surface area (Å²) < 4.78 is 12.3. The lowest BCUT2D eigenvalue weighted by Crippen LogP contribution is -2.03. The van der Waals surface area contributed by atoms with Crippen LogP contribution in [0.5, 0.6) is 0 Å². The molecule has 0 rings (SSSR count). The van der Waals surface area contributed by atoms with E-state index in [0.717, 1.165) is 13.5 Å². The minimum Gasteiger partial charge on any atom is -0.450 e. The van der Waals surface area contributed by atoms with E-state index in [1.54, 1.807) is 0 Å². The zero-order chi connectivity index (χ0) is 10.7. The minimum atomic E-state index is -1.25. The van der Waals surface area contributed by atoms with Crippen molar-refractivity contribution in [3.63, 3.8) is 0 Å². The van der Waals surface area contributed by atoms with Crippen LogP contribution < -0.4 is 0 Å². The van der Waals surface area contributed by atoms with Crippen molar-refractivity contribution in [1.29, 1.82) is 0 Å². The predicted octanol–water partition coefficient (Wildman–Crippen LogP) is 1.49. The van der Waals surface area contributed by atoms with Crippen molar-refractivity contribution in [2.75, 3.05) is 20.8 Å². The molecular formula is C7H14O6. The molecule has 0 aromatic rings. The molecule has 0 aromatic carbocycles. The van der Waals surface area contributed by atoms with E-state index in [4.69, 9.17) is 9.90 Å². The molecular weight excluding hydrogens is 180 g/mol. The van der Waals surface area contributed by atoms with E-state index < -0.39 is 12.3 Å². The van der Waals surface area contributed by atoms with Gasteiger partial charge in [0.1, 0.15) is 0 Å². The Balaban J connectivity index is 0. The average molecular weight is 194 g/mol. The number of hydrogen-bond donors (Lipinski definition) is 1. The standard InChI is InChI=1S/C5H10O3.C2H4O3/c1-3-4-8-5(6)7-2;1-5-2(3)4/h3-4H2,1-2H3;1H3,(H,3,4). The fraction of sp³-hybridized carbons (Fsp3) is 0.714. The summed E-state index contributed by atoms with van der Waals surface area (Å²) in [7, 11) is 2.39. The first-order valence-corrected chi connectivity index (χ1v) is 3.56.